The number of carbonyl (C=O) groups is 1. The van der Waals surface area contributed by atoms with E-state index < -0.39 is 0 Å². The second-order valence-electron chi connectivity index (χ2n) is 6.61. The third kappa shape index (κ3) is 4.21. The summed E-state index contributed by atoms with van der Waals surface area (Å²) in [7, 11) is 0. The summed E-state index contributed by atoms with van der Waals surface area (Å²) in [6.45, 7) is 0.490. The molecule has 4 aromatic rings. The van der Waals surface area contributed by atoms with Crippen LogP contribution in [0.1, 0.15) is 12.0 Å². The van der Waals surface area contributed by atoms with Gasteiger partial charge in [-0.2, -0.15) is 5.10 Å². The highest BCUT2D eigenvalue weighted by atomic mass is 35.5. The third-order valence-corrected chi connectivity index (χ3v) is 5.12. The van der Waals surface area contributed by atoms with Gasteiger partial charge in [-0.3, -0.25) is 4.79 Å². The lowest BCUT2D eigenvalue weighted by Crippen LogP contribution is -2.19. The Hall–Kier alpha value is -3.02. The smallest absolute Gasteiger partial charge is 0.241 e. The highest BCUT2D eigenvalue weighted by molar-refractivity contribution is 6.33. The van der Waals surface area contributed by atoms with Crippen LogP contribution < -0.4 is 5.43 Å². The Kier molecular flexibility index (Phi) is 5.43. The van der Waals surface area contributed by atoms with Crippen molar-refractivity contribution in [2.24, 2.45) is 5.10 Å². The van der Waals surface area contributed by atoms with Gasteiger partial charge < -0.3 is 9.67 Å². The zero-order valence-corrected chi connectivity index (χ0v) is 16.8. The molecular weight excluding hydrogens is 409 g/mol. The molecule has 0 aliphatic carbocycles. The number of benzene rings is 3. The molecule has 1 heterocycles. The fraction of sp³-hybridized carbons (Fsp3) is 0.0909. The van der Waals surface area contributed by atoms with Crippen molar-refractivity contribution in [3.05, 3.63) is 76.3 Å². The zero-order valence-electron chi connectivity index (χ0n) is 15.3. The van der Waals surface area contributed by atoms with Crippen LogP contribution in [0.4, 0.5) is 0 Å². The number of hydrogen-bond donors (Lipinski definition) is 2. The molecule has 0 saturated heterocycles. The summed E-state index contributed by atoms with van der Waals surface area (Å²) in [5.41, 5.74) is 5.30. The molecule has 0 aliphatic rings. The SMILES string of the molecule is O=C(CCn1c2ccc(Cl)cc2c2cc(Cl)ccc21)N/N=C\c1ccc(O)cc1. The highest BCUT2D eigenvalue weighted by Crippen LogP contribution is 2.32. The third-order valence-electron chi connectivity index (χ3n) is 4.65. The van der Waals surface area contributed by atoms with Gasteiger partial charge in [0.1, 0.15) is 5.75 Å². The number of phenols is 1. The fourth-order valence-corrected chi connectivity index (χ4v) is 3.64. The number of hydrogen-bond acceptors (Lipinski definition) is 3. The van der Waals surface area contributed by atoms with Gasteiger partial charge in [0.05, 0.1) is 6.21 Å². The van der Waals surface area contributed by atoms with E-state index in [9.17, 15) is 9.90 Å². The van der Waals surface area contributed by atoms with Crippen LogP contribution in [0.25, 0.3) is 21.8 Å². The molecule has 3 aromatic carbocycles. The lowest BCUT2D eigenvalue weighted by atomic mass is 10.1. The van der Waals surface area contributed by atoms with Gasteiger partial charge in [0.25, 0.3) is 0 Å². The van der Waals surface area contributed by atoms with Crippen molar-refractivity contribution < 1.29 is 9.90 Å². The monoisotopic (exact) mass is 425 g/mol. The summed E-state index contributed by atoms with van der Waals surface area (Å²) < 4.78 is 2.08. The summed E-state index contributed by atoms with van der Waals surface area (Å²) in [6, 6.07) is 17.9. The molecule has 146 valence electrons. The Labute approximate surface area is 177 Å². The molecule has 0 atom stereocenters. The minimum Gasteiger partial charge on any atom is -0.508 e. The van der Waals surface area contributed by atoms with Gasteiger partial charge in [0.2, 0.25) is 5.91 Å². The Bertz CT molecular complexity index is 1170. The Balaban J connectivity index is 1.51. The van der Waals surface area contributed by atoms with E-state index in [0.717, 1.165) is 27.4 Å². The topological polar surface area (TPSA) is 66.6 Å². The quantitative estimate of drug-likeness (QED) is 0.334. The van der Waals surface area contributed by atoms with Crippen molar-refractivity contribution >= 4 is 57.1 Å². The van der Waals surface area contributed by atoms with E-state index in [4.69, 9.17) is 23.2 Å². The molecule has 7 heteroatoms. The molecule has 29 heavy (non-hydrogen) atoms. The van der Waals surface area contributed by atoms with Crippen LogP contribution in [-0.2, 0) is 11.3 Å². The second kappa shape index (κ2) is 8.15. The van der Waals surface area contributed by atoms with Crippen LogP contribution in [0.3, 0.4) is 0 Å². The van der Waals surface area contributed by atoms with E-state index >= 15 is 0 Å². The Morgan fingerprint density at radius 3 is 2.14 bits per heavy atom. The summed E-state index contributed by atoms with van der Waals surface area (Å²) in [5.74, 6) is -0.0158. The lowest BCUT2D eigenvalue weighted by molar-refractivity contribution is -0.121. The normalized spacial score (nSPS) is 11.5. The van der Waals surface area contributed by atoms with Crippen LogP contribution >= 0.6 is 23.2 Å². The van der Waals surface area contributed by atoms with Crippen molar-refractivity contribution in [2.45, 2.75) is 13.0 Å². The number of hydrazone groups is 1. The van der Waals surface area contributed by atoms with Gasteiger partial charge in [0.15, 0.2) is 0 Å². The van der Waals surface area contributed by atoms with Crippen molar-refractivity contribution in [1.82, 2.24) is 9.99 Å². The molecule has 1 amide bonds. The number of rotatable bonds is 5. The van der Waals surface area contributed by atoms with Gasteiger partial charge in [-0.15, -0.1) is 0 Å². The number of halogens is 2. The molecule has 0 saturated carbocycles. The van der Waals surface area contributed by atoms with Crippen LogP contribution in [0.2, 0.25) is 10.0 Å². The molecule has 4 rings (SSSR count). The van der Waals surface area contributed by atoms with Crippen molar-refractivity contribution in [2.75, 3.05) is 0 Å². The zero-order chi connectivity index (χ0) is 20.4. The summed E-state index contributed by atoms with van der Waals surface area (Å²) >= 11 is 12.4. The number of aryl methyl sites for hydroxylation is 1. The molecule has 5 nitrogen and oxygen atoms in total. The van der Waals surface area contributed by atoms with Crippen LogP contribution in [-0.4, -0.2) is 21.8 Å². The first-order chi connectivity index (χ1) is 14.0. The predicted molar refractivity (Wildman–Crippen MR) is 118 cm³/mol. The van der Waals surface area contributed by atoms with E-state index in [2.05, 4.69) is 15.1 Å². The Morgan fingerprint density at radius 1 is 0.966 bits per heavy atom. The average molecular weight is 426 g/mol. The first-order valence-electron chi connectivity index (χ1n) is 8.99. The molecule has 0 unspecified atom stereocenters. The molecule has 0 radical (unpaired) electrons. The van der Waals surface area contributed by atoms with E-state index in [1.807, 2.05) is 36.4 Å². The van der Waals surface area contributed by atoms with Crippen LogP contribution in [0.5, 0.6) is 5.75 Å². The number of aromatic hydroxyl groups is 1. The summed E-state index contributed by atoms with van der Waals surface area (Å²) in [4.78, 5) is 12.2. The van der Waals surface area contributed by atoms with Gasteiger partial charge in [-0.05, 0) is 66.2 Å². The van der Waals surface area contributed by atoms with Crippen molar-refractivity contribution in [3.8, 4) is 5.75 Å². The molecule has 1 aromatic heterocycles. The predicted octanol–water partition coefficient (Wildman–Crippen LogP) is 5.35. The number of aromatic nitrogens is 1. The molecule has 0 bridgehead atoms. The maximum absolute atomic E-state index is 12.2. The van der Waals surface area contributed by atoms with E-state index in [0.29, 0.717) is 16.6 Å². The molecule has 2 N–H and O–H groups in total. The molecule has 0 spiro atoms. The van der Waals surface area contributed by atoms with E-state index in [1.165, 1.54) is 6.21 Å². The minimum atomic E-state index is -0.196. The Morgan fingerprint density at radius 2 is 1.55 bits per heavy atom. The number of carbonyl (C=O) groups excluding carboxylic acids is 1. The van der Waals surface area contributed by atoms with Gasteiger partial charge in [-0.1, -0.05) is 23.2 Å². The number of amides is 1. The first kappa shape index (κ1) is 19.3. The van der Waals surface area contributed by atoms with Crippen molar-refractivity contribution in [1.29, 1.82) is 0 Å². The van der Waals surface area contributed by atoms with Crippen molar-refractivity contribution in [3.63, 3.8) is 0 Å². The molecule has 0 aliphatic heterocycles. The molecular formula is C22H17Cl2N3O2. The van der Waals surface area contributed by atoms with Crippen LogP contribution in [0, 0.1) is 0 Å². The minimum absolute atomic E-state index is 0.180. The lowest BCUT2D eigenvalue weighted by Gasteiger charge is -2.07. The fourth-order valence-electron chi connectivity index (χ4n) is 3.30. The number of nitrogens with one attached hydrogen (secondary N) is 1. The molecule has 0 fully saturated rings. The van der Waals surface area contributed by atoms with Crippen LogP contribution in [0.15, 0.2) is 65.8 Å². The van der Waals surface area contributed by atoms with Gasteiger partial charge >= 0.3 is 0 Å². The average Bonchev–Trinajstić information content (AvgIpc) is 3.00. The van der Waals surface area contributed by atoms with Gasteiger partial charge in [0, 0.05) is 44.8 Å². The standard InChI is InChI=1S/C22H17Cl2N3O2/c23-15-3-7-20-18(11-15)19-12-16(24)4-8-21(19)27(20)10-9-22(29)26-25-13-14-1-5-17(28)6-2-14/h1-8,11-13,28H,9-10H2,(H,26,29)/b25-13-. The highest BCUT2D eigenvalue weighted by Gasteiger charge is 2.12. The summed E-state index contributed by atoms with van der Waals surface area (Å²) in [5, 5.41) is 16.6. The maximum atomic E-state index is 12.2. The maximum Gasteiger partial charge on any atom is 0.241 e. The van der Waals surface area contributed by atoms with Gasteiger partial charge in [-0.25, -0.2) is 5.43 Å². The first-order valence-corrected chi connectivity index (χ1v) is 9.75. The van der Waals surface area contributed by atoms with E-state index in [1.54, 1.807) is 24.3 Å². The number of nitrogens with zero attached hydrogens (tertiary/aromatic N) is 2. The number of phenolic OH excluding ortho intramolecular Hbond substituents is 1. The van der Waals surface area contributed by atoms with E-state index in [-0.39, 0.29) is 18.1 Å². The second-order valence-corrected chi connectivity index (χ2v) is 7.48. The number of fused-ring (bicyclic) bond motifs is 3. The summed E-state index contributed by atoms with van der Waals surface area (Å²) in [6.07, 6.45) is 1.79. The largest absolute Gasteiger partial charge is 0.508 e.